The molecule has 4 aliphatic carbocycles. The molecule has 0 radical (unpaired) electrons. The zero-order valence-corrected chi connectivity index (χ0v) is 23.6. The Morgan fingerprint density at radius 2 is 1.59 bits per heavy atom. The molecule has 0 aromatic carbocycles. The van der Waals surface area contributed by atoms with Crippen LogP contribution in [0.25, 0.3) is 0 Å². The molecule has 0 aliphatic heterocycles. The van der Waals surface area contributed by atoms with Gasteiger partial charge in [0.15, 0.2) is 0 Å². The number of fused-ring (bicyclic) bond motifs is 5. The highest BCUT2D eigenvalue weighted by atomic mass is 16.7. The van der Waals surface area contributed by atoms with E-state index in [0.29, 0.717) is 55.7 Å². The molecule has 0 amide bonds. The fourth-order valence-corrected chi connectivity index (χ4v) is 9.18. The van der Waals surface area contributed by atoms with Crippen molar-refractivity contribution < 1.29 is 33.3 Å². The number of rotatable bonds is 8. The molecule has 0 bridgehead atoms. The van der Waals surface area contributed by atoms with E-state index in [9.17, 15) is 14.4 Å². The van der Waals surface area contributed by atoms with Crippen molar-refractivity contribution >= 4 is 18.1 Å². The van der Waals surface area contributed by atoms with E-state index in [-0.39, 0.29) is 28.8 Å². The number of Topliss-reactive ketones (excluding diaryl/α,β-unsaturated/α-hetero) is 1. The lowest BCUT2D eigenvalue weighted by Crippen LogP contribution is -2.57. The molecule has 0 spiro atoms. The van der Waals surface area contributed by atoms with Gasteiger partial charge in [-0.2, -0.15) is 0 Å². The van der Waals surface area contributed by atoms with Gasteiger partial charge in [0.1, 0.15) is 11.9 Å². The van der Waals surface area contributed by atoms with Gasteiger partial charge in [0, 0.05) is 12.3 Å². The van der Waals surface area contributed by atoms with Gasteiger partial charge in [-0.15, -0.1) is 0 Å². The van der Waals surface area contributed by atoms with Crippen LogP contribution in [-0.2, 0) is 23.7 Å². The molecule has 0 aromatic heterocycles. The van der Waals surface area contributed by atoms with Crippen molar-refractivity contribution in [1.82, 2.24) is 0 Å². The molecular formula is C30H48O7. The average molecular weight is 521 g/mol. The van der Waals surface area contributed by atoms with Crippen LogP contribution in [-0.4, -0.2) is 44.0 Å². The van der Waals surface area contributed by atoms with Crippen molar-refractivity contribution in [3.63, 3.8) is 0 Å². The van der Waals surface area contributed by atoms with E-state index in [1.807, 2.05) is 0 Å². The summed E-state index contributed by atoms with van der Waals surface area (Å²) in [6.45, 7) is 11.8. The predicted octanol–water partition coefficient (Wildman–Crippen LogP) is 6.96. The second-order valence-corrected chi connectivity index (χ2v) is 12.7. The molecule has 0 N–H and O–H groups in total. The molecule has 7 heteroatoms. The number of hydrogen-bond donors (Lipinski definition) is 0. The van der Waals surface area contributed by atoms with Crippen molar-refractivity contribution in [2.24, 2.45) is 46.3 Å². The van der Waals surface area contributed by atoms with E-state index < -0.39 is 12.3 Å². The fraction of sp³-hybridized carbons (Fsp3) is 0.900. The Labute approximate surface area is 222 Å². The van der Waals surface area contributed by atoms with Crippen LogP contribution >= 0.6 is 0 Å². The van der Waals surface area contributed by atoms with Crippen LogP contribution < -0.4 is 0 Å². The predicted molar refractivity (Wildman–Crippen MR) is 139 cm³/mol. The van der Waals surface area contributed by atoms with Crippen molar-refractivity contribution in [2.75, 3.05) is 19.8 Å². The van der Waals surface area contributed by atoms with Crippen LogP contribution in [0.15, 0.2) is 0 Å². The Balaban J connectivity index is 1.38. The summed E-state index contributed by atoms with van der Waals surface area (Å²) in [5, 5.41) is 0. The molecular weight excluding hydrogens is 472 g/mol. The molecule has 0 aromatic rings. The van der Waals surface area contributed by atoms with Crippen LogP contribution in [0, 0.1) is 46.3 Å². The molecule has 0 unspecified atom stereocenters. The number of ether oxygens (including phenoxy) is 4. The third kappa shape index (κ3) is 5.52. The summed E-state index contributed by atoms with van der Waals surface area (Å²) in [5.74, 6) is 2.96. The molecule has 210 valence electrons. The van der Waals surface area contributed by atoms with Gasteiger partial charge in [-0.25, -0.2) is 9.59 Å². The Hall–Kier alpha value is -1.79. The molecule has 4 fully saturated rings. The van der Waals surface area contributed by atoms with E-state index in [4.69, 9.17) is 18.9 Å². The number of carbonyl (C=O) groups excluding carboxylic acids is 3. The zero-order valence-electron chi connectivity index (χ0n) is 23.6. The lowest BCUT2D eigenvalue weighted by molar-refractivity contribution is -0.161. The van der Waals surface area contributed by atoms with Crippen molar-refractivity contribution in [1.29, 1.82) is 0 Å². The summed E-state index contributed by atoms with van der Waals surface area (Å²) in [5.41, 5.74) is 0.341. The highest BCUT2D eigenvalue weighted by molar-refractivity contribution is 5.83. The number of hydrogen-bond acceptors (Lipinski definition) is 7. The molecule has 0 saturated heterocycles. The SMILES string of the molecule is CCOC(=O)OCCC[C@@H](C)[C@H]1CC[C@H]2[C@@H]3C(=O)C[C@@H]4C[C@H](OC(=O)OCC)CC[C@]4(C)[C@H]3CC[C@]12C. The smallest absolute Gasteiger partial charge is 0.435 e. The molecule has 4 aliphatic rings. The van der Waals surface area contributed by atoms with Crippen LogP contribution in [0.1, 0.15) is 98.8 Å². The van der Waals surface area contributed by atoms with Crippen LogP contribution in [0.5, 0.6) is 0 Å². The van der Waals surface area contributed by atoms with Gasteiger partial charge < -0.3 is 18.9 Å². The minimum absolute atomic E-state index is 0.139. The number of ketones is 1. The van der Waals surface area contributed by atoms with E-state index in [1.54, 1.807) is 13.8 Å². The summed E-state index contributed by atoms with van der Waals surface area (Å²) in [6.07, 6.45) is 8.48. The minimum Gasteiger partial charge on any atom is -0.435 e. The largest absolute Gasteiger partial charge is 0.508 e. The first kappa shape index (κ1) is 28.2. The molecule has 7 nitrogen and oxygen atoms in total. The Bertz CT molecular complexity index is 842. The average Bonchev–Trinajstić information content (AvgIpc) is 3.20. The molecule has 9 atom stereocenters. The third-order valence-corrected chi connectivity index (χ3v) is 11.0. The summed E-state index contributed by atoms with van der Waals surface area (Å²) < 4.78 is 20.6. The monoisotopic (exact) mass is 520 g/mol. The highest BCUT2D eigenvalue weighted by Gasteiger charge is 2.63. The molecule has 0 heterocycles. The maximum Gasteiger partial charge on any atom is 0.508 e. The van der Waals surface area contributed by atoms with E-state index in [0.717, 1.165) is 44.9 Å². The van der Waals surface area contributed by atoms with E-state index in [1.165, 1.54) is 12.8 Å². The first-order valence-electron chi connectivity index (χ1n) is 14.8. The Kier molecular flexibility index (Phi) is 8.79. The topological polar surface area (TPSA) is 88.1 Å². The number of carbonyl (C=O) groups is 3. The van der Waals surface area contributed by atoms with Crippen molar-refractivity contribution in [3.05, 3.63) is 0 Å². The van der Waals surface area contributed by atoms with Gasteiger partial charge in [-0.1, -0.05) is 20.8 Å². The summed E-state index contributed by atoms with van der Waals surface area (Å²) >= 11 is 0. The first-order chi connectivity index (χ1) is 17.6. The quantitative estimate of drug-likeness (QED) is 0.253. The summed E-state index contributed by atoms with van der Waals surface area (Å²) in [4.78, 5) is 37.1. The van der Waals surface area contributed by atoms with Gasteiger partial charge in [-0.3, -0.25) is 4.79 Å². The zero-order chi connectivity index (χ0) is 26.8. The standard InChI is InChI=1S/C30H48O7/c1-6-34-27(32)36-16-8-9-19(3)22-10-11-23-26-24(13-15-30(22,23)5)29(4)14-12-21(37-28(33)35-7-2)17-20(29)18-25(26)31/h19-24,26H,6-18H2,1-5H3/t19-,20+,21-,22-,23+,24+,26+,29+,30-/m1/s1. The van der Waals surface area contributed by atoms with Crippen LogP contribution in [0.3, 0.4) is 0 Å². The molecule has 4 saturated carbocycles. The summed E-state index contributed by atoms with van der Waals surface area (Å²) in [6, 6.07) is 0. The second kappa shape index (κ2) is 11.5. The maximum atomic E-state index is 13.8. The Morgan fingerprint density at radius 3 is 2.32 bits per heavy atom. The Morgan fingerprint density at radius 1 is 0.919 bits per heavy atom. The first-order valence-corrected chi connectivity index (χ1v) is 14.8. The van der Waals surface area contributed by atoms with Gasteiger partial charge in [0.25, 0.3) is 0 Å². The lowest BCUT2D eigenvalue weighted by Gasteiger charge is -2.60. The van der Waals surface area contributed by atoms with E-state index in [2.05, 4.69) is 20.8 Å². The van der Waals surface area contributed by atoms with Gasteiger partial charge in [-0.05, 0) is 112 Å². The molecule has 37 heavy (non-hydrogen) atoms. The van der Waals surface area contributed by atoms with Gasteiger partial charge >= 0.3 is 12.3 Å². The van der Waals surface area contributed by atoms with Gasteiger partial charge in [0.2, 0.25) is 0 Å². The summed E-state index contributed by atoms with van der Waals surface area (Å²) in [7, 11) is 0. The fourth-order valence-electron chi connectivity index (χ4n) is 9.18. The van der Waals surface area contributed by atoms with Gasteiger partial charge in [0.05, 0.1) is 19.8 Å². The highest BCUT2D eigenvalue weighted by Crippen LogP contribution is 2.67. The normalized spacial score (nSPS) is 39.5. The van der Waals surface area contributed by atoms with Crippen molar-refractivity contribution in [2.45, 2.75) is 105 Å². The molecule has 4 rings (SSSR count). The minimum atomic E-state index is -0.580. The third-order valence-electron chi connectivity index (χ3n) is 11.0. The second-order valence-electron chi connectivity index (χ2n) is 12.7. The van der Waals surface area contributed by atoms with Crippen molar-refractivity contribution in [3.8, 4) is 0 Å². The van der Waals surface area contributed by atoms with Crippen LogP contribution in [0.4, 0.5) is 9.59 Å². The van der Waals surface area contributed by atoms with Crippen LogP contribution in [0.2, 0.25) is 0 Å². The van der Waals surface area contributed by atoms with E-state index >= 15 is 0 Å². The maximum absolute atomic E-state index is 13.8. The lowest BCUT2D eigenvalue weighted by atomic mass is 9.44.